The highest BCUT2D eigenvalue weighted by atomic mass is 32.1. The molecule has 2 unspecified atom stereocenters. The van der Waals surface area contributed by atoms with Crippen LogP contribution in [0.15, 0.2) is 82.4 Å². The number of carboxylic acids is 1. The average molecular weight is 623 g/mol. The van der Waals surface area contributed by atoms with E-state index in [0.717, 1.165) is 43.7 Å². The first kappa shape index (κ1) is 30.3. The molecular formula is C30H30N4O3S4. The number of aliphatic carboxylic acids is 1. The van der Waals surface area contributed by atoms with Crippen molar-refractivity contribution in [2.75, 3.05) is 11.1 Å². The lowest BCUT2D eigenvalue weighted by molar-refractivity contribution is -0.138. The van der Waals surface area contributed by atoms with E-state index in [9.17, 15) is 9.59 Å². The van der Waals surface area contributed by atoms with Crippen molar-refractivity contribution in [3.63, 3.8) is 0 Å². The van der Waals surface area contributed by atoms with Gasteiger partial charge in [-0.05, 0) is 117 Å². The van der Waals surface area contributed by atoms with Crippen molar-refractivity contribution in [1.29, 1.82) is 0 Å². The molecule has 0 aliphatic heterocycles. The van der Waals surface area contributed by atoms with E-state index in [0.29, 0.717) is 6.42 Å². The molecule has 1 amide bonds. The molecule has 4 heterocycles. The Balaban J connectivity index is 0.000000156. The summed E-state index contributed by atoms with van der Waals surface area (Å²) in [6.45, 7) is 3.92. The fraction of sp³-hybridized carbons (Fsp3) is 0.200. The van der Waals surface area contributed by atoms with Crippen molar-refractivity contribution < 1.29 is 14.7 Å². The van der Waals surface area contributed by atoms with E-state index in [1.165, 1.54) is 39.8 Å². The van der Waals surface area contributed by atoms with Gasteiger partial charge in [0.1, 0.15) is 0 Å². The maximum Gasteiger partial charge on any atom is 0.310 e. The molecule has 0 bridgehead atoms. The molecule has 0 aliphatic carbocycles. The largest absolute Gasteiger partial charge is 0.481 e. The highest BCUT2D eigenvalue weighted by Gasteiger charge is 2.19. The minimum Gasteiger partial charge on any atom is -0.481 e. The van der Waals surface area contributed by atoms with Crippen molar-refractivity contribution in [3.8, 4) is 0 Å². The van der Waals surface area contributed by atoms with Crippen LogP contribution in [0.3, 0.4) is 0 Å². The molecule has 7 nitrogen and oxygen atoms in total. The zero-order valence-corrected chi connectivity index (χ0v) is 25.8. The van der Waals surface area contributed by atoms with Crippen LogP contribution in [0.5, 0.6) is 0 Å². The van der Waals surface area contributed by atoms with Crippen LogP contribution in [-0.2, 0) is 9.59 Å². The molecule has 0 aliphatic rings. The van der Waals surface area contributed by atoms with E-state index in [2.05, 4.69) is 14.1 Å². The first-order valence-corrected chi connectivity index (χ1v) is 16.3. The fourth-order valence-electron chi connectivity index (χ4n) is 4.12. The molecule has 2 atom stereocenters. The second-order valence-electron chi connectivity index (χ2n) is 9.06. The number of thiophene rings is 2. The Morgan fingerprint density at radius 1 is 0.829 bits per heavy atom. The Labute approximate surface area is 254 Å². The lowest BCUT2D eigenvalue weighted by Crippen LogP contribution is -2.20. The summed E-state index contributed by atoms with van der Waals surface area (Å²) in [5.74, 6) is -1.08. The summed E-state index contributed by atoms with van der Waals surface area (Å²) in [6, 6.07) is 15.6. The van der Waals surface area contributed by atoms with Crippen molar-refractivity contribution in [2.24, 2.45) is 0 Å². The Hall–Kier alpha value is -3.64. The van der Waals surface area contributed by atoms with Crippen LogP contribution in [0.1, 0.15) is 49.7 Å². The summed E-state index contributed by atoms with van der Waals surface area (Å²) in [4.78, 5) is 23.0. The molecule has 0 saturated carbocycles. The van der Waals surface area contributed by atoms with Crippen LogP contribution in [0, 0.1) is 0 Å². The number of nitrogens with one attached hydrogen (secondary N) is 1. The van der Waals surface area contributed by atoms with Gasteiger partial charge in [-0.15, -0.1) is 0 Å². The number of benzene rings is 2. The number of carboxylic acid groups (broad SMARTS) is 1. The number of nitrogens with two attached hydrogens (primary N) is 1. The SMILES string of the molecule is CCC(C(=O)Nc1ccc2cnsc2c1)c1ccsc1.CCC(C(=O)O)c1ccsc1.Nc1ccc2cnsc2c1. The maximum absolute atomic E-state index is 12.4. The molecule has 4 aromatic heterocycles. The van der Waals surface area contributed by atoms with Gasteiger partial charge in [-0.2, -0.15) is 31.4 Å². The van der Waals surface area contributed by atoms with Gasteiger partial charge in [-0.25, -0.2) is 0 Å². The number of carbonyl (C=O) groups excluding carboxylic acids is 1. The second kappa shape index (κ2) is 14.8. The first-order chi connectivity index (χ1) is 19.9. The summed E-state index contributed by atoms with van der Waals surface area (Å²) in [5, 5.41) is 21.9. The number of aromatic nitrogens is 2. The summed E-state index contributed by atoms with van der Waals surface area (Å²) in [5.41, 5.74) is 9.21. The van der Waals surface area contributed by atoms with Crippen molar-refractivity contribution in [2.45, 2.75) is 38.5 Å². The van der Waals surface area contributed by atoms with E-state index in [-0.39, 0.29) is 17.7 Å². The maximum atomic E-state index is 12.4. The molecule has 6 aromatic rings. The van der Waals surface area contributed by atoms with Gasteiger partial charge in [0.25, 0.3) is 0 Å². The Kier molecular flexibility index (Phi) is 11.0. The number of amides is 1. The topological polar surface area (TPSA) is 118 Å². The third-order valence-electron chi connectivity index (χ3n) is 6.33. The Morgan fingerprint density at radius 3 is 1.93 bits per heavy atom. The van der Waals surface area contributed by atoms with Gasteiger partial charge in [0.05, 0.1) is 21.2 Å². The number of fused-ring (bicyclic) bond motifs is 2. The van der Waals surface area contributed by atoms with Gasteiger partial charge in [-0.1, -0.05) is 13.8 Å². The molecule has 41 heavy (non-hydrogen) atoms. The highest BCUT2D eigenvalue weighted by molar-refractivity contribution is 7.13. The van der Waals surface area contributed by atoms with Crippen LogP contribution in [-0.4, -0.2) is 25.7 Å². The fourth-order valence-corrected chi connectivity index (χ4v) is 6.92. The molecule has 0 fully saturated rings. The molecule has 0 spiro atoms. The van der Waals surface area contributed by atoms with Gasteiger partial charge < -0.3 is 16.2 Å². The summed E-state index contributed by atoms with van der Waals surface area (Å²) in [6.07, 6.45) is 5.14. The van der Waals surface area contributed by atoms with Crippen LogP contribution in [0.2, 0.25) is 0 Å². The minimum atomic E-state index is -0.731. The summed E-state index contributed by atoms with van der Waals surface area (Å²) in [7, 11) is 0. The second-order valence-corrected chi connectivity index (χ2v) is 12.3. The quantitative estimate of drug-likeness (QED) is 0.153. The van der Waals surface area contributed by atoms with E-state index >= 15 is 0 Å². The molecular weight excluding hydrogens is 593 g/mol. The van der Waals surface area contributed by atoms with Gasteiger partial charge in [0.15, 0.2) is 0 Å². The highest BCUT2D eigenvalue weighted by Crippen LogP contribution is 2.26. The van der Waals surface area contributed by atoms with E-state index in [1.807, 2.05) is 96.3 Å². The van der Waals surface area contributed by atoms with Gasteiger partial charge >= 0.3 is 5.97 Å². The number of hydrogen-bond acceptors (Lipinski definition) is 9. The van der Waals surface area contributed by atoms with Gasteiger partial charge in [-0.3, -0.25) is 9.59 Å². The van der Waals surface area contributed by atoms with Gasteiger partial charge in [0, 0.05) is 34.5 Å². The normalized spacial score (nSPS) is 12.0. The Bertz CT molecular complexity index is 1680. The molecule has 4 N–H and O–H groups in total. The predicted molar refractivity (Wildman–Crippen MR) is 175 cm³/mol. The standard InChI is InChI=1S/C15H14N2OS2.C8H10O2S.C7H6N2S/c1-2-13(11-5-6-19-9-11)15(18)17-12-4-3-10-8-16-20-14(10)7-12;1-2-7(8(9)10)6-3-4-11-5-6;8-6-2-1-5-4-9-10-7(5)3-6/h3-9,13H,2H2,1H3,(H,17,18);3-5,7H,2H2,1H3,(H,9,10);1-4H,8H2. The first-order valence-electron chi connectivity index (χ1n) is 12.9. The molecule has 0 radical (unpaired) electrons. The smallest absolute Gasteiger partial charge is 0.310 e. The van der Waals surface area contributed by atoms with Crippen molar-refractivity contribution in [1.82, 2.24) is 8.75 Å². The Morgan fingerprint density at radius 2 is 1.39 bits per heavy atom. The monoisotopic (exact) mass is 622 g/mol. The molecule has 0 saturated heterocycles. The lowest BCUT2D eigenvalue weighted by Gasteiger charge is -2.13. The van der Waals surface area contributed by atoms with Gasteiger partial charge in [0.2, 0.25) is 5.91 Å². The number of nitrogens with zero attached hydrogens (tertiary/aromatic N) is 2. The molecule has 11 heteroatoms. The number of nitrogen functional groups attached to an aromatic ring is 1. The number of hydrogen-bond donors (Lipinski definition) is 3. The van der Waals surface area contributed by atoms with E-state index in [4.69, 9.17) is 10.8 Å². The number of anilines is 2. The lowest BCUT2D eigenvalue weighted by atomic mass is 9.98. The molecule has 2 aromatic carbocycles. The van der Waals surface area contributed by atoms with E-state index < -0.39 is 5.97 Å². The minimum absolute atomic E-state index is 0.0507. The van der Waals surface area contributed by atoms with Crippen molar-refractivity contribution in [3.05, 3.63) is 93.6 Å². The predicted octanol–water partition coefficient (Wildman–Crippen LogP) is 8.69. The van der Waals surface area contributed by atoms with Crippen LogP contribution in [0.4, 0.5) is 11.4 Å². The van der Waals surface area contributed by atoms with Crippen molar-refractivity contribution >= 4 is 89.2 Å². The van der Waals surface area contributed by atoms with E-state index in [1.54, 1.807) is 11.3 Å². The molecule has 212 valence electrons. The number of rotatable bonds is 7. The number of carbonyl (C=O) groups is 2. The summed E-state index contributed by atoms with van der Waals surface area (Å²) >= 11 is 6.07. The third-order valence-corrected chi connectivity index (χ3v) is 9.25. The molecule has 6 rings (SSSR count). The van der Waals surface area contributed by atoms with Crippen LogP contribution in [0.25, 0.3) is 20.2 Å². The summed E-state index contributed by atoms with van der Waals surface area (Å²) < 4.78 is 10.4. The zero-order valence-electron chi connectivity index (χ0n) is 22.5. The van der Waals surface area contributed by atoms with Crippen LogP contribution >= 0.6 is 45.7 Å². The third kappa shape index (κ3) is 8.20. The van der Waals surface area contributed by atoms with Crippen LogP contribution < -0.4 is 11.1 Å². The average Bonchev–Trinajstić information content (AvgIpc) is 3.78. The zero-order chi connectivity index (χ0) is 29.2.